The van der Waals surface area contributed by atoms with E-state index in [0.717, 1.165) is 29.3 Å². The summed E-state index contributed by atoms with van der Waals surface area (Å²) >= 11 is 12.9. The molecule has 0 saturated heterocycles. The number of fused-ring (bicyclic) bond motifs is 1. The predicted octanol–water partition coefficient (Wildman–Crippen LogP) is 5.44. The van der Waals surface area contributed by atoms with Crippen molar-refractivity contribution in [2.24, 2.45) is 0 Å². The molecule has 3 rings (SSSR count). The molecule has 0 atom stereocenters. The van der Waals surface area contributed by atoms with Crippen molar-refractivity contribution in [1.82, 2.24) is 4.98 Å². The molecule has 0 saturated carbocycles. The minimum absolute atomic E-state index is 0.119. The van der Waals surface area contributed by atoms with E-state index in [1.807, 2.05) is 31.2 Å². The van der Waals surface area contributed by atoms with Gasteiger partial charge in [-0.15, -0.1) is 0 Å². The maximum absolute atomic E-state index is 11.9. The molecule has 0 aliphatic rings. The Morgan fingerprint density at radius 1 is 1.21 bits per heavy atom. The SMILES string of the molecule is CCCC(=O)Nc1ccc(Cl)c(CN(C=O)c2cccc3cnccc23)c1Cl. The average molecular weight is 416 g/mol. The van der Waals surface area contributed by atoms with Gasteiger partial charge in [-0.05, 0) is 30.7 Å². The largest absolute Gasteiger partial charge is 0.325 e. The molecule has 0 unspecified atom stereocenters. The Morgan fingerprint density at radius 2 is 2.04 bits per heavy atom. The molecule has 7 heteroatoms. The number of carbonyl (C=O) groups excluding carboxylic acids is 2. The molecule has 0 spiro atoms. The number of halogens is 2. The van der Waals surface area contributed by atoms with Gasteiger partial charge in [0, 0.05) is 40.2 Å². The molecule has 2 amide bonds. The maximum atomic E-state index is 11.9. The van der Waals surface area contributed by atoms with Crippen molar-refractivity contribution in [3.8, 4) is 0 Å². The lowest BCUT2D eigenvalue weighted by atomic mass is 10.1. The molecule has 1 N–H and O–H groups in total. The van der Waals surface area contributed by atoms with Crippen LogP contribution in [0, 0.1) is 0 Å². The molecule has 0 bridgehead atoms. The quantitative estimate of drug-likeness (QED) is 0.522. The van der Waals surface area contributed by atoms with E-state index >= 15 is 0 Å². The molecule has 3 aromatic rings. The molecule has 2 aromatic carbocycles. The third kappa shape index (κ3) is 4.26. The van der Waals surface area contributed by atoms with Gasteiger partial charge in [0.1, 0.15) is 0 Å². The van der Waals surface area contributed by atoms with Gasteiger partial charge in [-0.2, -0.15) is 0 Å². The van der Waals surface area contributed by atoms with Crippen LogP contribution in [0.4, 0.5) is 11.4 Å². The first kappa shape index (κ1) is 20.1. The van der Waals surface area contributed by atoms with E-state index in [0.29, 0.717) is 27.7 Å². The number of anilines is 2. The summed E-state index contributed by atoms with van der Waals surface area (Å²) < 4.78 is 0. The standard InChI is InChI=1S/C21H19Cl2N3O2/c1-2-4-20(28)25-18-8-7-17(22)16(21(18)23)12-26(13-27)19-6-3-5-14-11-24-10-9-15(14)19/h3,5-11,13H,2,4,12H2,1H3,(H,25,28). The minimum atomic E-state index is -0.119. The van der Waals surface area contributed by atoms with Gasteiger partial charge in [-0.3, -0.25) is 14.6 Å². The van der Waals surface area contributed by atoms with Crippen LogP contribution in [0.25, 0.3) is 10.8 Å². The fraction of sp³-hybridized carbons (Fsp3) is 0.190. The number of benzene rings is 2. The van der Waals surface area contributed by atoms with Gasteiger partial charge >= 0.3 is 0 Å². The molecule has 0 radical (unpaired) electrons. The van der Waals surface area contributed by atoms with Crippen LogP contribution in [0.1, 0.15) is 25.3 Å². The monoisotopic (exact) mass is 415 g/mol. The second-order valence-electron chi connectivity index (χ2n) is 6.29. The minimum Gasteiger partial charge on any atom is -0.325 e. The van der Waals surface area contributed by atoms with Crippen LogP contribution in [0.5, 0.6) is 0 Å². The highest BCUT2D eigenvalue weighted by molar-refractivity contribution is 6.38. The molecule has 1 heterocycles. The predicted molar refractivity (Wildman–Crippen MR) is 114 cm³/mol. The second-order valence-corrected chi connectivity index (χ2v) is 7.08. The zero-order valence-electron chi connectivity index (χ0n) is 15.3. The Kier molecular flexibility index (Phi) is 6.49. The highest BCUT2D eigenvalue weighted by Crippen LogP contribution is 2.35. The van der Waals surface area contributed by atoms with Crippen molar-refractivity contribution < 1.29 is 9.59 Å². The number of carbonyl (C=O) groups is 2. The van der Waals surface area contributed by atoms with Crippen LogP contribution in [0.15, 0.2) is 48.8 Å². The summed E-state index contributed by atoms with van der Waals surface area (Å²) in [4.78, 5) is 29.5. The third-order valence-electron chi connectivity index (χ3n) is 4.36. The van der Waals surface area contributed by atoms with Crippen LogP contribution in [0.3, 0.4) is 0 Å². The molecule has 0 fully saturated rings. The summed E-state index contributed by atoms with van der Waals surface area (Å²) in [7, 11) is 0. The van der Waals surface area contributed by atoms with Gasteiger partial charge in [0.25, 0.3) is 0 Å². The fourth-order valence-electron chi connectivity index (χ4n) is 2.98. The van der Waals surface area contributed by atoms with Gasteiger partial charge in [0.05, 0.1) is 22.9 Å². The Labute approximate surface area is 173 Å². The lowest BCUT2D eigenvalue weighted by Gasteiger charge is -2.22. The molecule has 0 aliphatic heterocycles. The summed E-state index contributed by atoms with van der Waals surface area (Å²) in [6.07, 6.45) is 5.30. The Morgan fingerprint density at radius 3 is 2.79 bits per heavy atom. The normalized spacial score (nSPS) is 10.7. The Balaban J connectivity index is 1.97. The average Bonchev–Trinajstić information content (AvgIpc) is 2.70. The summed E-state index contributed by atoms with van der Waals surface area (Å²) in [5.74, 6) is -0.119. The lowest BCUT2D eigenvalue weighted by molar-refractivity contribution is -0.116. The van der Waals surface area contributed by atoms with Gasteiger partial charge in [0.15, 0.2) is 0 Å². The molecule has 5 nitrogen and oxygen atoms in total. The zero-order valence-corrected chi connectivity index (χ0v) is 16.8. The molecule has 1 aromatic heterocycles. The number of rotatable bonds is 7. The van der Waals surface area contributed by atoms with Crippen molar-refractivity contribution in [3.05, 3.63) is 64.4 Å². The Bertz CT molecular complexity index is 1020. The number of nitrogens with zero attached hydrogens (tertiary/aromatic N) is 2. The van der Waals surface area contributed by atoms with Crippen LogP contribution < -0.4 is 10.2 Å². The van der Waals surface area contributed by atoms with Crippen molar-refractivity contribution in [1.29, 1.82) is 0 Å². The van der Waals surface area contributed by atoms with E-state index in [1.54, 1.807) is 24.5 Å². The van der Waals surface area contributed by atoms with E-state index in [9.17, 15) is 9.59 Å². The zero-order chi connectivity index (χ0) is 20.1. The molecule has 144 valence electrons. The van der Waals surface area contributed by atoms with Crippen molar-refractivity contribution in [3.63, 3.8) is 0 Å². The molecular formula is C21H19Cl2N3O2. The number of pyridine rings is 1. The number of hydrogen-bond acceptors (Lipinski definition) is 3. The van der Waals surface area contributed by atoms with Crippen LogP contribution in [0.2, 0.25) is 10.0 Å². The van der Waals surface area contributed by atoms with Gasteiger partial charge in [-0.1, -0.05) is 42.3 Å². The highest BCUT2D eigenvalue weighted by atomic mass is 35.5. The first-order valence-electron chi connectivity index (χ1n) is 8.86. The fourth-order valence-corrected chi connectivity index (χ4v) is 3.52. The number of aromatic nitrogens is 1. The molecule has 0 aliphatic carbocycles. The van der Waals surface area contributed by atoms with E-state index in [2.05, 4.69) is 10.3 Å². The van der Waals surface area contributed by atoms with E-state index in [1.165, 1.54) is 4.90 Å². The number of nitrogens with one attached hydrogen (secondary N) is 1. The van der Waals surface area contributed by atoms with E-state index < -0.39 is 0 Å². The topological polar surface area (TPSA) is 62.3 Å². The van der Waals surface area contributed by atoms with Crippen molar-refractivity contribution >= 4 is 57.7 Å². The van der Waals surface area contributed by atoms with Crippen LogP contribution in [-0.4, -0.2) is 17.3 Å². The first-order chi connectivity index (χ1) is 13.5. The smallest absolute Gasteiger partial charge is 0.224 e. The maximum Gasteiger partial charge on any atom is 0.224 e. The van der Waals surface area contributed by atoms with Gasteiger partial charge < -0.3 is 10.2 Å². The highest BCUT2D eigenvalue weighted by Gasteiger charge is 2.17. The third-order valence-corrected chi connectivity index (χ3v) is 5.15. The summed E-state index contributed by atoms with van der Waals surface area (Å²) in [6, 6.07) is 10.8. The van der Waals surface area contributed by atoms with E-state index in [-0.39, 0.29) is 12.5 Å². The van der Waals surface area contributed by atoms with Crippen LogP contribution in [-0.2, 0) is 16.1 Å². The van der Waals surface area contributed by atoms with Crippen molar-refractivity contribution in [2.45, 2.75) is 26.3 Å². The Hall–Kier alpha value is -2.63. The summed E-state index contributed by atoms with van der Waals surface area (Å²) in [5.41, 5.74) is 1.77. The molecule has 28 heavy (non-hydrogen) atoms. The number of hydrogen-bond donors (Lipinski definition) is 1. The summed E-state index contributed by atoms with van der Waals surface area (Å²) in [6.45, 7) is 2.09. The van der Waals surface area contributed by atoms with Crippen molar-refractivity contribution in [2.75, 3.05) is 10.2 Å². The lowest BCUT2D eigenvalue weighted by Crippen LogP contribution is -2.21. The second kappa shape index (κ2) is 9.04. The van der Waals surface area contributed by atoms with Gasteiger partial charge in [0.2, 0.25) is 12.3 Å². The first-order valence-corrected chi connectivity index (χ1v) is 9.62. The number of amides is 2. The van der Waals surface area contributed by atoms with E-state index in [4.69, 9.17) is 23.2 Å². The molecular weight excluding hydrogens is 397 g/mol. The van der Waals surface area contributed by atoms with Gasteiger partial charge in [-0.25, -0.2) is 0 Å². The summed E-state index contributed by atoms with van der Waals surface area (Å²) in [5, 5.41) is 5.36. The van der Waals surface area contributed by atoms with Crippen LogP contribution >= 0.6 is 23.2 Å².